The van der Waals surface area contributed by atoms with Crippen LogP contribution in [-0.4, -0.2) is 12.4 Å². The zero-order valence-corrected chi connectivity index (χ0v) is 9.15. The fourth-order valence-electron chi connectivity index (χ4n) is 1.07. The molecular weight excluding hydrogens is 277 g/mol. The average molecular weight is 283 g/mol. The Bertz CT molecular complexity index is 393. The number of rotatable bonds is 3. The largest absolute Gasteiger partial charge is 0.431 e. The lowest BCUT2D eigenvalue weighted by molar-refractivity contribution is -0.0525. The number of ether oxygens (including phenoxy) is 1. The van der Waals surface area contributed by atoms with Crippen LogP contribution in [-0.2, 0) is 0 Å². The van der Waals surface area contributed by atoms with Gasteiger partial charge in [-0.25, -0.2) is 4.39 Å². The Hall–Kier alpha value is -1.04. The molecule has 0 fully saturated rings. The van der Waals surface area contributed by atoms with Crippen molar-refractivity contribution in [2.75, 3.05) is 0 Å². The van der Waals surface area contributed by atoms with Gasteiger partial charge in [-0.1, -0.05) is 0 Å². The molecule has 0 N–H and O–H groups in total. The molecular formula is C9H6BrF3O2. The van der Waals surface area contributed by atoms with Crippen LogP contribution in [0.3, 0.4) is 0 Å². The van der Waals surface area contributed by atoms with Gasteiger partial charge in [-0.3, -0.25) is 4.79 Å². The predicted octanol–water partition coefficient (Wildman–Crippen LogP) is 3.39. The van der Waals surface area contributed by atoms with E-state index in [0.717, 1.165) is 13.0 Å². The van der Waals surface area contributed by atoms with Gasteiger partial charge in [0.15, 0.2) is 17.3 Å². The lowest BCUT2D eigenvalue weighted by atomic mass is 10.1. The fraction of sp³-hybridized carbons (Fsp3) is 0.222. The van der Waals surface area contributed by atoms with E-state index in [0.29, 0.717) is 0 Å². The Morgan fingerprint density at radius 3 is 2.53 bits per heavy atom. The van der Waals surface area contributed by atoms with Gasteiger partial charge in [0, 0.05) is 4.47 Å². The van der Waals surface area contributed by atoms with E-state index < -0.39 is 24.0 Å². The molecule has 0 heterocycles. The van der Waals surface area contributed by atoms with Gasteiger partial charge in [-0.05, 0) is 35.0 Å². The number of hydrogen-bond acceptors (Lipinski definition) is 2. The maximum absolute atomic E-state index is 13.1. The van der Waals surface area contributed by atoms with Crippen molar-refractivity contribution in [3.8, 4) is 5.75 Å². The van der Waals surface area contributed by atoms with Crippen molar-refractivity contribution in [3.63, 3.8) is 0 Å². The maximum Gasteiger partial charge on any atom is 0.387 e. The van der Waals surface area contributed by atoms with Gasteiger partial charge in [-0.15, -0.1) is 0 Å². The van der Waals surface area contributed by atoms with Crippen LogP contribution < -0.4 is 4.74 Å². The first-order valence-corrected chi connectivity index (χ1v) is 4.66. The van der Waals surface area contributed by atoms with Crippen molar-refractivity contribution in [1.29, 1.82) is 0 Å². The van der Waals surface area contributed by atoms with Crippen LogP contribution in [0.25, 0.3) is 0 Å². The summed E-state index contributed by atoms with van der Waals surface area (Å²) in [6, 6.07) is 2.19. The van der Waals surface area contributed by atoms with Crippen LogP contribution in [0.1, 0.15) is 17.3 Å². The molecule has 0 bridgehead atoms. The summed E-state index contributed by atoms with van der Waals surface area (Å²) >= 11 is 2.96. The average Bonchev–Trinajstić information content (AvgIpc) is 2.10. The normalized spacial score (nSPS) is 10.5. The maximum atomic E-state index is 13.1. The van der Waals surface area contributed by atoms with E-state index in [-0.39, 0.29) is 10.0 Å². The number of carbonyl (C=O) groups excluding carboxylic acids is 1. The van der Waals surface area contributed by atoms with Crippen molar-refractivity contribution in [2.24, 2.45) is 0 Å². The predicted molar refractivity (Wildman–Crippen MR) is 50.7 cm³/mol. The number of Topliss-reactive ketones (excluding diaryl/α,β-unsaturated/α-hetero) is 1. The molecule has 1 aromatic carbocycles. The van der Waals surface area contributed by atoms with Gasteiger partial charge in [0.05, 0.1) is 5.56 Å². The molecule has 82 valence electrons. The molecule has 0 aliphatic carbocycles. The number of carbonyl (C=O) groups is 1. The molecule has 0 atom stereocenters. The van der Waals surface area contributed by atoms with Gasteiger partial charge in [0.1, 0.15) is 0 Å². The molecule has 0 aromatic heterocycles. The van der Waals surface area contributed by atoms with E-state index in [1.807, 2.05) is 0 Å². The standard InChI is InChI=1S/C9H6BrF3O2/c1-4(14)7-5(10)2-3-6(11)8(7)15-9(12)13/h2-3,9H,1H3. The van der Waals surface area contributed by atoms with E-state index in [1.54, 1.807) is 0 Å². The van der Waals surface area contributed by atoms with Crippen LogP contribution in [0.4, 0.5) is 13.2 Å². The van der Waals surface area contributed by atoms with Crippen molar-refractivity contribution in [3.05, 3.63) is 28.0 Å². The minimum atomic E-state index is -3.17. The van der Waals surface area contributed by atoms with Gasteiger partial charge >= 0.3 is 6.61 Å². The molecule has 0 saturated heterocycles. The van der Waals surface area contributed by atoms with Gasteiger partial charge < -0.3 is 4.74 Å². The molecule has 0 unspecified atom stereocenters. The number of benzene rings is 1. The highest BCUT2D eigenvalue weighted by Gasteiger charge is 2.20. The summed E-state index contributed by atoms with van der Waals surface area (Å²) in [5.41, 5.74) is -0.227. The third kappa shape index (κ3) is 2.71. The van der Waals surface area contributed by atoms with E-state index >= 15 is 0 Å². The van der Waals surface area contributed by atoms with Crippen LogP contribution in [0.5, 0.6) is 5.75 Å². The zero-order valence-electron chi connectivity index (χ0n) is 7.56. The molecule has 0 spiro atoms. The third-order valence-electron chi connectivity index (χ3n) is 1.62. The SMILES string of the molecule is CC(=O)c1c(Br)ccc(F)c1OC(F)F. The molecule has 0 saturated carbocycles. The van der Waals surface area contributed by atoms with Gasteiger partial charge in [0.2, 0.25) is 0 Å². The number of alkyl halides is 2. The monoisotopic (exact) mass is 282 g/mol. The van der Waals surface area contributed by atoms with Crippen LogP contribution in [0, 0.1) is 5.82 Å². The molecule has 6 heteroatoms. The first kappa shape index (κ1) is 12.0. The summed E-state index contributed by atoms with van der Waals surface area (Å²) in [5, 5.41) is 0. The van der Waals surface area contributed by atoms with Crippen molar-refractivity contribution >= 4 is 21.7 Å². The number of halogens is 4. The summed E-state index contributed by atoms with van der Waals surface area (Å²) in [5.74, 6) is -2.28. The summed E-state index contributed by atoms with van der Waals surface area (Å²) in [4.78, 5) is 11.1. The highest BCUT2D eigenvalue weighted by atomic mass is 79.9. The first-order valence-electron chi connectivity index (χ1n) is 3.87. The Labute approximate surface area is 92.2 Å². The molecule has 1 rings (SSSR count). The topological polar surface area (TPSA) is 26.3 Å². The quantitative estimate of drug-likeness (QED) is 0.795. The second-order valence-corrected chi connectivity index (χ2v) is 3.52. The van der Waals surface area contributed by atoms with Crippen LogP contribution in [0.2, 0.25) is 0 Å². The molecule has 0 radical (unpaired) electrons. The minimum absolute atomic E-state index is 0.215. The van der Waals surface area contributed by atoms with E-state index in [9.17, 15) is 18.0 Å². The second kappa shape index (κ2) is 4.65. The number of ketones is 1. The lowest BCUT2D eigenvalue weighted by Crippen LogP contribution is -2.09. The second-order valence-electron chi connectivity index (χ2n) is 2.67. The number of hydrogen-bond donors (Lipinski definition) is 0. The van der Waals surface area contributed by atoms with Crippen LogP contribution >= 0.6 is 15.9 Å². The Morgan fingerprint density at radius 1 is 1.47 bits per heavy atom. The molecule has 0 aliphatic rings. The summed E-state index contributed by atoms with van der Waals surface area (Å²) in [6.45, 7) is -2.04. The Morgan fingerprint density at radius 2 is 2.07 bits per heavy atom. The Kier molecular flexibility index (Phi) is 3.73. The highest BCUT2D eigenvalue weighted by molar-refractivity contribution is 9.10. The van der Waals surface area contributed by atoms with Crippen LogP contribution in [0.15, 0.2) is 16.6 Å². The first-order chi connectivity index (χ1) is 6.93. The third-order valence-corrected chi connectivity index (χ3v) is 2.28. The summed E-state index contributed by atoms with van der Waals surface area (Å²) in [6.07, 6.45) is 0. The smallest absolute Gasteiger partial charge is 0.387 e. The molecule has 15 heavy (non-hydrogen) atoms. The molecule has 1 aromatic rings. The van der Waals surface area contributed by atoms with Crippen molar-refractivity contribution < 1.29 is 22.7 Å². The van der Waals surface area contributed by atoms with E-state index in [1.165, 1.54) is 6.07 Å². The highest BCUT2D eigenvalue weighted by Crippen LogP contribution is 2.31. The van der Waals surface area contributed by atoms with Crippen molar-refractivity contribution in [2.45, 2.75) is 13.5 Å². The molecule has 0 amide bonds. The van der Waals surface area contributed by atoms with E-state index in [4.69, 9.17) is 0 Å². The summed E-state index contributed by atoms with van der Waals surface area (Å²) in [7, 11) is 0. The minimum Gasteiger partial charge on any atom is -0.431 e. The van der Waals surface area contributed by atoms with Crippen molar-refractivity contribution in [1.82, 2.24) is 0 Å². The lowest BCUT2D eigenvalue weighted by Gasteiger charge is -2.10. The summed E-state index contributed by atoms with van der Waals surface area (Å²) < 4.78 is 41.2. The zero-order chi connectivity index (χ0) is 11.6. The molecule has 2 nitrogen and oxygen atoms in total. The van der Waals surface area contributed by atoms with Gasteiger partial charge in [-0.2, -0.15) is 8.78 Å². The fourth-order valence-corrected chi connectivity index (χ4v) is 1.66. The Balaban J connectivity index is 3.31. The van der Waals surface area contributed by atoms with E-state index in [2.05, 4.69) is 20.7 Å². The van der Waals surface area contributed by atoms with Gasteiger partial charge in [0.25, 0.3) is 0 Å². The molecule has 0 aliphatic heterocycles.